The molecule has 0 unspecified atom stereocenters. The van der Waals surface area contributed by atoms with Crippen LogP contribution in [0.25, 0.3) is 0 Å². The number of fused-ring (bicyclic) bond motifs is 1. The molecule has 7 nitrogen and oxygen atoms in total. The zero-order valence-electron chi connectivity index (χ0n) is 10.7. The van der Waals surface area contributed by atoms with Crippen molar-refractivity contribution in [1.82, 2.24) is 15.0 Å². The van der Waals surface area contributed by atoms with Gasteiger partial charge in [0.25, 0.3) is 5.91 Å². The molecule has 0 spiro atoms. The van der Waals surface area contributed by atoms with Crippen molar-refractivity contribution in [3.8, 4) is 0 Å². The first-order chi connectivity index (χ1) is 10.1. The molecule has 0 radical (unpaired) electrons. The van der Waals surface area contributed by atoms with E-state index in [1.54, 1.807) is 6.07 Å². The number of carbonyl (C=O) groups excluding carboxylic acids is 1. The summed E-state index contributed by atoms with van der Waals surface area (Å²) in [6, 6.07) is 3.12. The number of halogens is 1. The molecule has 2 aromatic heterocycles. The largest absolute Gasteiger partial charge is 0.476 e. The minimum Gasteiger partial charge on any atom is -0.476 e. The van der Waals surface area contributed by atoms with Gasteiger partial charge in [-0.05, 0) is 12.1 Å². The SMILES string of the molecule is O=C(O)c1noc2c1CN(C(=O)c1ccc(Cl)nc1)CC2. The molecule has 1 aliphatic rings. The maximum absolute atomic E-state index is 12.4. The zero-order valence-corrected chi connectivity index (χ0v) is 11.5. The van der Waals surface area contributed by atoms with Crippen LogP contribution in [0.3, 0.4) is 0 Å². The highest BCUT2D eigenvalue weighted by molar-refractivity contribution is 6.29. The summed E-state index contributed by atoms with van der Waals surface area (Å²) in [7, 11) is 0. The third-order valence-electron chi connectivity index (χ3n) is 3.29. The summed E-state index contributed by atoms with van der Waals surface area (Å²) in [6.45, 7) is 0.588. The topological polar surface area (TPSA) is 96.5 Å². The molecule has 108 valence electrons. The lowest BCUT2D eigenvalue weighted by Crippen LogP contribution is -2.36. The Morgan fingerprint density at radius 2 is 2.19 bits per heavy atom. The second-order valence-corrected chi connectivity index (χ2v) is 4.97. The fourth-order valence-electron chi connectivity index (χ4n) is 2.24. The van der Waals surface area contributed by atoms with Crippen molar-refractivity contribution in [3.63, 3.8) is 0 Å². The zero-order chi connectivity index (χ0) is 15.0. The summed E-state index contributed by atoms with van der Waals surface area (Å²) in [6.07, 6.45) is 1.83. The van der Waals surface area contributed by atoms with E-state index in [4.69, 9.17) is 21.2 Å². The highest BCUT2D eigenvalue weighted by Crippen LogP contribution is 2.23. The van der Waals surface area contributed by atoms with Crippen LogP contribution in [0.4, 0.5) is 0 Å². The number of carboxylic acids is 1. The van der Waals surface area contributed by atoms with Gasteiger partial charge in [0, 0.05) is 24.7 Å². The normalized spacial score (nSPS) is 13.9. The minimum atomic E-state index is -1.16. The van der Waals surface area contributed by atoms with Gasteiger partial charge < -0.3 is 14.5 Å². The Hall–Kier alpha value is -2.41. The van der Waals surface area contributed by atoms with E-state index in [1.807, 2.05) is 0 Å². The van der Waals surface area contributed by atoms with Gasteiger partial charge in [-0.15, -0.1) is 0 Å². The third-order valence-corrected chi connectivity index (χ3v) is 3.52. The van der Waals surface area contributed by atoms with Crippen molar-refractivity contribution in [2.75, 3.05) is 6.54 Å². The van der Waals surface area contributed by atoms with Gasteiger partial charge in [-0.25, -0.2) is 9.78 Å². The molecule has 0 fully saturated rings. The van der Waals surface area contributed by atoms with Gasteiger partial charge in [-0.3, -0.25) is 4.79 Å². The Morgan fingerprint density at radius 3 is 2.86 bits per heavy atom. The minimum absolute atomic E-state index is 0.142. The summed E-state index contributed by atoms with van der Waals surface area (Å²) < 4.78 is 5.00. The van der Waals surface area contributed by atoms with E-state index in [0.29, 0.717) is 35.0 Å². The lowest BCUT2D eigenvalue weighted by molar-refractivity contribution is 0.0673. The first-order valence-corrected chi connectivity index (χ1v) is 6.55. The molecule has 0 aromatic carbocycles. The van der Waals surface area contributed by atoms with E-state index in [0.717, 1.165) is 0 Å². The van der Waals surface area contributed by atoms with Gasteiger partial charge in [-0.1, -0.05) is 16.8 Å². The Bertz CT molecular complexity index is 711. The number of carbonyl (C=O) groups is 2. The summed E-state index contributed by atoms with van der Waals surface area (Å²) in [5.41, 5.74) is 0.705. The molecule has 0 bridgehead atoms. The first-order valence-electron chi connectivity index (χ1n) is 6.18. The molecule has 0 saturated heterocycles. The average Bonchev–Trinajstić information content (AvgIpc) is 2.90. The van der Waals surface area contributed by atoms with Crippen LogP contribution in [-0.4, -0.2) is 38.6 Å². The number of hydrogen-bond acceptors (Lipinski definition) is 5. The van der Waals surface area contributed by atoms with E-state index in [1.165, 1.54) is 17.2 Å². The summed E-state index contributed by atoms with van der Waals surface area (Å²) in [5, 5.41) is 12.9. The molecule has 0 atom stereocenters. The van der Waals surface area contributed by atoms with Crippen LogP contribution >= 0.6 is 11.6 Å². The lowest BCUT2D eigenvalue weighted by atomic mass is 10.1. The Morgan fingerprint density at radius 1 is 1.38 bits per heavy atom. The third kappa shape index (κ3) is 2.47. The second kappa shape index (κ2) is 5.17. The number of aromatic nitrogens is 2. The van der Waals surface area contributed by atoms with E-state index in [2.05, 4.69) is 10.1 Å². The van der Waals surface area contributed by atoms with E-state index < -0.39 is 5.97 Å². The van der Waals surface area contributed by atoms with Crippen LogP contribution in [0.1, 0.15) is 32.2 Å². The molecule has 3 rings (SSSR count). The smallest absolute Gasteiger partial charge is 0.358 e. The fourth-order valence-corrected chi connectivity index (χ4v) is 2.35. The molecule has 1 aliphatic heterocycles. The number of aromatic carboxylic acids is 1. The molecule has 0 saturated carbocycles. The number of rotatable bonds is 2. The number of amides is 1. The van der Waals surface area contributed by atoms with Gasteiger partial charge in [0.05, 0.1) is 12.1 Å². The molecule has 2 aromatic rings. The number of carboxylic acid groups (broad SMARTS) is 1. The molecule has 1 N–H and O–H groups in total. The first kappa shape index (κ1) is 13.6. The molecule has 0 aliphatic carbocycles. The molecule has 3 heterocycles. The average molecular weight is 308 g/mol. The van der Waals surface area contributed by atoms with Crippen molar-refractivity contribution in [2.45, 2.75) is 13.0 Å². The molecule has 21 heavy (non-hydrogen) atoms. The molecular formula is C13H10ClN3O4. The summed E-state index contributed by atoms with van der Waals surface area (Å²) >= 11 is 5.69. The van der Waals surface area contributed by atoms with Crippen LogP contribution in [0.15, 0.2) is 22.9 Å². The second-order valence-electron chi connectivity index (χ2n) is 4.58. The number of nitrogens with zero attached hydrogens (tertiary/aromatic N) is 3. The van der Waals surface area contributed by atoms with Gasteiger partial charge in [0.2, 0.25) is 0 Å². The van der Waals surface area contributed by atoms with Gasteiger partial charge in [0.1, 0.15) is 10.9 Å². The van der Waals surface area contributed by atoms with Crippen LogP contribution in [-0.2, 0) is 13.0 Å². The van der Waals surface area contributed by atoms with Crippen molar-refractivity contribution in [1.29, 1.82) is 0 Å². The van der Waals surface area contributed by atoms with Crippen molar-refractivity contribution < 1.29 is 19.2 Å². The van der Waals surface area contributed by atoms with E-state index >= 15 is 0 Å². The van der Waals surface area contributed by atoms with E-state index in [-0.39, 0.29) is 18.1 Å². The predicted octanol–water partition coefficient (Wildman–Crippen LogP) is 1.62. The number of pyridine rings is 1. The highest BCUT2D eigenvalue weighted by atomic mass is 35.5. The predicted molar refractivity (Wildman–Crippen MR) is 71.2 cm³/mol. The Labute approximate surface area is 124 Å². The standard InChI is InChI=1S/C13H10ClN3O4/c14-10-2-1-7(5-15-10)12(18)17-4-3-9-8(6-17)11(13(19)20)16-21-9/h1-2,5H,3-4,6H2,(H,19,20). The molecule has 1 amide bonds. The maximum Gasteiger partial charge on any atom is 0.358 e. The van der Waals surface area contributed by atoms with Crippen LogP contribution in [0, 0.1) is 0 Å². The van der Waals surface area contributed by atoms with E-state index in [9.17, 15) is 9.59 Å². The Balaban J connectivity index is 1.85. The quantitative estimate of drug-likeness (QED) is 0.847. The fraction of sp³-hybridized carbons (Fsp3) is 0.231. The van der Waals surface area contributed by atoms with Gasteiger partial charge in [-0.2, -0.15) is 0 Å². The highest BCUT2D eigenvalue weighted by Gasteiger charge is 2.30. The van der Waals surface area contributed by atoms with Crippen molar-refractivity contribution >= 4 is 23.5 Å². The van der Waals surface area contributed by atoms with Crippen molar-refractivity contribution in [3.05, 3.63) is 46.1 Å². The molecular weight excluding hydrogens is 298 g/mol. The van der Waals surface area contributed by atoms with Crippen molar-refractivity contribution in [2.24, 2.45) is 0 Å². The summed E-state index contributed by atoms with van der Waals surface area (Å²) in [4.78, 5) is 28.8. The monoisotopic (exact) mass is 307 g/mol. The molecule has 8 heteroatoms. The lowest BCUT2D eigenvalue weighted by Gasteiger charge is -2.25. The summed E-state index contributed by atoms with van der Waals surface area (Å²) in [5.74, 6) is -0.879. The van der Waals surface area contributed by atoms with Gasteiger partial charge in [0.15, 0.2) is 5.69 Å². The van der Waals surface area contributed by atoms with Crippen LogP contribution in [0.2, 0.25) is 5.15 Å². The van der Waals surface area contributed by atoms with Gasteiger partial charge >= 0.3 is 5.97 Å². The van der Waals surface area contributed by atoms with Crippen LogP contribution < -0.4 is 0 Å². The maximum atomic E-state index is 12.4. The number of hydrogen-bond donors (Lipinski definition) is 1. The van der Waals surface area contributed by atoms with Crippen LogP contribution in [0.5, 0.6) is 0 Å². The Kier molecular flexibility index (Phi) is 3.34.